The van der Waals surface area contributed by atoms with Crippen LogP contribution in [0.3, 0.4) is 0 Å². The lowest BCUT2D eigenvalue weighted by molar-refractivity contribution is 0.370. The molecular formula is C10H19N3. The van der Waals surface area contributed by atoms with Gasteiger partial charge in [0.1, 0.15) is 0 Å². The van der Waals surface area contributed by atoms with Crippen LogP contribution in [-0.4, -0.2) is 15.1 Å². The van der Waals surface area contributed by atoms with Gasteiger partial charge >= 0.3 is 0 Å². The van der Waals surface area contributed by atoms with Gasteiger partial charge in [0, 0.05) is 24.8 Å². The molecule has 3 heteroatoms. The second-order valence-electron chi connectivity index (χ2n) is 4.55. The summed E-state index contributed by atoms with van der Waals surface area (Å²) in [6.45, 7) is 8.65. The van der Waals surface area contributed by atoms with Crippen LogP contribution >= 0.6 is 0 Å². The molecule has 0 fully saturated rings. The molecular weight excluding hydrogens is 162 g/mol. The van der Waals surface area contributed by atoms with Gasteiger partial charge in [-0.2, -0.15) is 0 Å². The summed E-state index contributed by atoms with van der Waals surface area (Å²) in [5, 5.41) is 3.50. The van der Waals surface area contributed by atoms with E-state index < -0.39 is 0 Å². The topological polar surface area (TPSA) is 29.9 Å². The van der Waals surface area contributed by atoms with Crippen molar-refractivity contribution >= 4 is 0 Å². The molecule has 3 nitrogen and oxygen atoms in total. The number of hydrogen-bond donors (Lipinski definition) is 1. The molecule has 1 atom stereocenters. The zero-order valence-electron chi connectivity index (χ0n) is 9.13. The fraction of sp³-hybridized carbons (Fsp3) is 0.700. The van der Waals surface area contributed by atoms with Crippen LogP contribution in [0, 0.1) is 0 Å². The Morgan fingerprint density at radius 3 is 2.46 bits per heavy atom. The summed E-state index contributed by atoms with van der Waals surface area (Å²) in [4.78, 5) is 4.10. The molecule has 0 spiro atoms. The van der Waals surface area contributed by atoms with Gasteiger partial charge in [0.25, 0.3) is 0 Å². The van der Waals surface area contributed by atoms with Crippen LogP contribution in [0.25, 0.3) is 0 Å². The van der Waals surface area contributed by atoms with E-state index in [-0.39, 0.29) is 5.54 Å². The maximum absolute atomic E-state index is 4.10. The maximum Gasteiger partial charge on any atom is 0.0946 e. The molecule has 1 N–H and O–H groups in total. The lowest BCUT2D eigenvalue weighted by atomic mass is 10.1. The fourth-order valence-corrected chi connectivity index (χ4v) is 1.51. The van der Waals surface area contributed by atoms with Gasteiger partial charge in [-0.25, -0.2) is 4.98 Å². The number of imidazole rings is 1. The average Bonchev–Trinajstić information content (AvgIpc) is 2.30. The molecule has 1 aromatic rings. The van der Waals surface area contributed by atoms with Crippen LogP contribution in [0.4, 0.5) is 0 Å². The third kappa shape index (κ3) is 2.84. The molecule has 13 heavy (non-hydrogen) atoms. The second kappa shape index (κ2) is 3.50. The van der Waals surface area contributed by atoms with Crippen molar-refractivity contribution in [2.24, 2.45) is 7.05 Å². The van der Waals surface area contributed by atoms with Crippen LogP contribution in [0.5, 0.6) is 0 Å². The Labute approximate surface area is 80.2 Å². The van der Waals surface area contributed by atoms with Gasteiger partial charge in [0.15, 0.2) is 0 Å². The normalized spacial score (nSPS) is 14.5. The quantitative estimate of drug-likeness (QED) is 0.755. The van der Waals surface area contributed by atoms with Crippen LogP contribution in [0.1, 0.15) is 39.4 Å². The van der Waals surface area contributed by atoms with Crippen molar-refractivity contribution in [3.63, 3.8) is 0 Å². The summed E-state index contributed by atoms with van der Waals surface area (Å²) in [6.07, 6.45) is 3.74. The molecule has 0 aliphatic heterocycles. The van der Waals surface area contributed by atoms with E-state index in [1.54, 1.807) is 0 Å². The molecule has 0 aliphatic carbocycles. The Morgan fingerprint density at radius 2 is 2.08 bits per heavy atom. The van der Waals surface area contributed by atoms with Crippen molar-refractivity contribution in [1.82, 2.24) is 14.9 Å². The standard InChI is InChI=1S/C10H19N3/c1-8(12-10(2,3)4)9-6-11-7-13(9)5/h6-8,12H,1-5H3. The van der Waals surface area contributed by atoms with Gasteiger partial charge in [0.2, 0.25) is 0 Å². The molecule has 1 aromatic heterocycles. The van der Waals surface area contributed by atoms with Crippen LogP contribution in [0.2, 0.25) is 0 Å². The van der Waals surface area contributed by atoms with Crippen molar-refractivity contribution < 1.29 is 0 Å². The first-order valence-electron chi connectivity index (χ1n) is 4.64. The van der Waals surface area contributed by atoms with Crippen molar-refractivity contribution in [1.29, 1.82) is 0 Å². The van der Waals surface area contributed by atoms with E-state index in [4.69, 9.17) is 0 Å². The van der Waals surface area contributed by atoms with E-state index in [1.807, 2.05) is 24.1 Å². The lowest BCUT2D eigenvalue weighted by Gasteiger charge is -2.26. The highest BCUT2D eigenvalue weighted by Crippen LogP contribution is 2.14. The fourth-order valence-electron chi connectivity index (χ4n) is 1.51. The first-order chi connectivity index (χ1) is 5.90. The van der Waals surface area contributed by atoms with Crippen molar-refractivity contribution in [2.45, 2.75) is 39.3 Å². The minimum absolute atomic E-state index is 0.143. The lowest BCUT2D eigenvalue weighted by Crippen LogP contribution is -2.38. The first kappa shape index (κ1) is 10.3. The number of nitrogens with one attached hydrogen (secondary N) is 1. The van der Waals surface area contributed by atoms with E-state index >= 15 is 0 Å². The average molecular weight is 181 g/mol. The van der Waals surface area contributed by atoms with Gasteiger partial charge in [-0.1, -0.05) is 0 Å². The summed E-state index contributed by atoms with van der Waals surface area (Å²) in [6, 6.07) is 0.340. The highest BCUT2D eigenvalue weighted by atomic mass is 15.1. The van der Waals surface area contributed by atoms with Crippen LogP contribution < -0.4 is 5.32 Å². The summed E-state index contributed by atoms with van der Waals surface area (Å²) >= 11 is 0. The first-order valence-corrected chi connectivity index (χ1v) is 4.64. The van der Waals surface area contributed by atoms with Crippen molar-refractivity contribution in [3.05, 3.63) is 18.2 Å². The summed E-state index contributed by atoms with van der Waals surface area (Å²) in [5.41, 5.74) is 1.36. The van der Waals surface area contributed by atoms with Gasteiger partial charge in [-0.05, 0) is 27.7 Å². The summed E-state index contributed by atoms with van der Waals surface area (Å²) in [7, 11) is 2.02. The van der Waals surface area contributed by atoms with E-state index in [0.29, 0.717) is 6.04 Å². The Hall–Kier alpha value is -0.830. The molecule has 74 valence electrons. The smallest absolute Gasteiger partial charge is 0.0946 e. The highest BCUT2D eigenvalue weighted by molar-refractivity contribution is 5.04. The second-order valence-corrected chi connectivity index (χ2v) is 4.55. The number of nitrogens with zero attached hydrogens (tertiary/aromatic N) is 2. The molecule has 1 heterocycles. The largest absolute Gasteiger partial charge is 0.336 e. The molecule has 0 saturated carbocycles. The predicted octanol–water partition coefficient (Wildman–Crippen LogP) is 1.87. The highest BCUT2D eigenvalue weighted by Gasteiger charge is 2.16. The number of rotatable bonds is 2. The van der Waals surface area contributed by atoms with Crippen molar-refractivity contribution in [3.8, 4) is 0 Å². The van der Waals surface area contributed by atoms with Crippen LogP contribution in [-0.2, 0) is 7.05 Å². The zero-order valence-corrected chi connectivity index (χ0v) is 9.13. The van der Waals surface area contributed by atoms with E-state index in [2.05, 4.69) is 38.0 Å². The summed E-state index contributed by atoms with van der Waals surface area (Å²) < 4.78 is 2.05. The Bertz CT molecular complexity index is 270. The van der Waals surface area contributed by atoms with E-state index in [1.165, 1.54) is 5.69 Å². The molecule has 0 bridgehead atoms. The molecule has 0 aliphatic rings. The number of aromatic nitrogens is 2. The summed E-state index contributed by atoms with van der Waals surface area (Å²) in [5.74, 6) is 0. The third-order valence-electron chi connectivity index (χ3n) is 1.95. The Kier molecular flexibility index (Phi) is 2.76. The maximum atomic E-state index is 4.10. The molecule has 1 rings (SSSR count). The molecule has 0 amide bonds. The molecule has 0 radical (unpaired) electrons. The Morgan fingerprint density at radius 1 is 1.46 bits per heavy atom. The molecule has 0 saturated heterocycles. The third-order valence-corrected chi connectivity index (χ3v) is 1.95. The molecule has 0 aromatic carbocycles. The van der Waals surface area contributed by atoms with Gasteiger partial charge in [-0.15, -0.1) is 0 Å². The van der Waals surface area contributed by atoms with Gasteiger partial charge in [0.05, 0.1) is 12.0 Å². The number of hydrogen-bond acceptors (Lipinski definition) is 2. The monoisotopic (exact) mass is 181 g/mol. The van der Waals surface area contributed by atoms with Crippen LogP contribution in [0.15, 0.2) is 12.5 Å². The predicted molar refractivity (Wildman–Crippen MR) is 54.5 cm³/mol. The zero-order chi connectivity index (χ0) is 10.1. The SMILES string of the molecule is CC(NC(C)(C)C)c1cncn1C. The number of aryl methyl sites for hydroxylation is 1. The Balaban J connectivity index is 2.69. The molecule has 1 unspecified atom stereocenters. The van der Waals surface area contributed by atoms with Gasteiger partial charge < -0.3 is 9.88 Å². The van der Waals surface area contributed by atoms with E-state index in [9.17, 15) is 0 Å². The minimum Gasteiger partial charge on any atom is -0.336 e. The minimum atomic E-state index is 0.143. The van der Waals surface area contributed by atoms with Gasteiger partial charge in [-0.3, -0.25) is 0 Å². The van der Waals surface area contributed by atoms with Crippen molar-refractivity contribution in [2.75, 3.05) is 0 Å². The van der Waals surface area contributed by atoms with E-state index in [0.717, 1.165) is 0 Å².